The maximum Gasteiger partial charge on any atom is 0.338 e. The van der Waals surface area contributed by atoms with Crippen LogP contribution in [-0.4, -0.2) is 45.8 Å². The number of carboxylic acid groups (broad SMARTS) is 1. The Labute approximate surface area is 163 Å². The van der Waals surface area contributed by atoms with Gasteiger partial charge in [-0.15, -0.1) is 0 Å². The maximum atomic E-state index is 12.3. The minimum absolute atomic E-state index is 0.177. The summed E-state index contributed by atoms with van der Waals surface area (Å²) < 4.78 is 10.7. The molecular formula is C18H13NO6S2. The Kier molecular flexibility index (Phi) is 5.43. The number of hydrogen-bond donors (Lipinski definition) is 1. The molecule has 1 aliphatic heterocycles. The second kappa shape index (κ2) is 7.77. The number of carbonyl (C=O) groups excluding carboxylic acids is 2. The van der Waals surface area contributed by atoms with Crippen molar-refractivity contribution in [3.05, 3.63) is 52.6 Å². The number of rotatable bonds is 5. The third-order valence-corrected chi connectivity index (χ3v) is 5.04. The Morgan fingerprint density at radius 2 is 2.04 bits per heavy atom. The maximum absolute atomic E-state index is 12.3. The van der Waals surface area contributed by atoms with Crippen molar-refractivity contribution >= 4 is 52.2 Å². The van der Waals surface area contributed by atoms with Crippen LogP contribution in [0, 0.1) is 0 Å². The number of amides is 1. The minimum atomic E-state index is -1.15. The number of methoxy groups -OCH3 is 1. The zero-order chi connectivity index (χ0) is 19.6. The molecule has 0 saturated carbocycles. The summed E-state index contributed by atoms with van der Waals surface area (Å²) in [6, 6.07) is 10.1. The molecule has 0 radical (unpaired) electrons. The number of esters is 1. The average molecular weight is 403 g/mol. The largest absolute Gasteiger partial charge is 0.480 e. The highest BCUT2D eigenvalue weighted by Gasteiger charge is 2.33. The van der Waals surface area contributed by atoms with Gasteiger partial charge in [-0.1, -0.05) is 42.2 Å². The molecule has 7 nitrogen and oxygen atoms in total. The van der Waals surface area contributed by atoms with E-state index in [-0.39, 0.29) is 9.23 Å². The van der Waals surface area contributed by atoms with Gasteiger partial charge in [-0.2, -0.15) is 0 Å². The lowest BCUT2D eigenvalue weighted by Gasteiger charge is -2.09. The number of ether oxygens (including phenoxy) is 1. The van der Waals surface area contributed by atoms with Gasteiger partial charge < -0.3 is 14.3 Å². The fraction of sp³-hybridized carbons (Fsp3) is 0.111. The number of thioether (sulfide) groups is 1. The first kappa shape index (κ1) is 18.9. The van der Waals surface area contributed by atoms with E-state index in [4.69, 9.17) is 26.5 Å². The summed E-state index contributed by atoms with van der Waals surface area (Å²) in [5, 5.41) is 8.87. The molecule has 0 atom stereocenters. The molecule has 1 aliphatic rings. The van der Waals surface area contributed by atoms with E-state index in [9.17, 15) is 14.4 Å². The van der Waals surface area contributed by atoms with Gasteiger partial charge in [0.2, 0.25) is 0 Å². The zero-order valence-corrected chi connectivity index (χ0v) is 15.6. The Morgan fingerprint density at radius 3 is 2.74 bits per heavy atom. The summed E-state index contributed by atoms with van der Waals surface area (Å²) in [5.41, 5.74) is 0.913. The predicted octanol–water partition coefficient (Wildman–Crippen LogP) is 3.02. The summed E-state index contributed by atoms with van der Waals surface area (Å²) in [4.78, 5) is 36.3. The highest BCUT2D eigenvalue weighted by atomic mass is 32.2. The summed E-state index contributed by atoms with van der Waals surface area (Å²) in [6.07, 6.45) is 1.49. The number of thiocarbonyl (C=S) groups is 1. The summed E-state index contributed by atoms with van der Waals surface area (Å²) in [6.45, 7) is -0.488. The number of furan rings is 1. The lowest BCUT2D eigenvalue weighted by molar-refractivity contribution is -0.140. The fourth-order valence-corrected chi connectivity index (χ4v) is 3.70. The van der Waals surface area contributed by atoms with Gasteiger partial charge >= 0.3 is 11.9 Å². The molecule has 0 bridgehead atoms. The number of benzene rings is 1. The molecular weight excluding hydrogens is 390 g/mol. The second-order valence-corrected chi connectivity index (χ2v) is 7.08. The van der Waals surface area contributed by atoms with Crippen molar-refractivity contribution in [3.8, 4) is 11.3 Å². The van der Waals surface area contributed by atoms with Crippen molar-refractivity contribution in [3.63, 3.8) is 0 Å². The SMILES string of the molecule is COC(=O)c1ccccc1-c1ccc(/C=C2/SC(=S)N(CC(=O)O)C2=O)o1. The van der Waals surface area contributed by atoms with Crippen molar-refractivity contribution in [1.29, 1.82) is 0 Å². The molecule has 0 spiro atoms. The zero-order valence-electron chi connectivity index (χ0n) is 14.0. The van der Waals surface area contributed by atoms with Crippen molar-refractivity contribution in [2.75, 3.05) is 13.7 Å². The lowest BCUT2D eigenvalue weighted by Crippen LogP contribution is -2.33. The van der Waals surface area contributed by atoms with Gasteiger partial charge in [-0.3, -0.25) is 14.5 Å². The van der Waals surface area contributed by atoms with E-state index in [1.54, 1.807) is 36.4 Å². The van der Waals surface area contributed by atoms with Gasteiger partial charge in [0.1, 0.15) is 22.4 Å². The van der Waals surface area contributed by atoms with Crippen LogP contribution >= 0.6 is 24.0 Å². The molecule has 1 aromatic heterocycles. The van der Waals surface area contributed by atoms with E-state index in [0.717, 1.165) is 16.7 Å². The van der Waals surface area contributed by atoms with Crippen molar-refractivity contribution in [1.82, 2.24) is 4.90 Å². The summed E-state index contributed by atoms with van der Waals surface area (Å²) in [7, 11) is 1.30. The molecule has 9 heteroatoms. The fourth-order valence-electron chi connectivity index (χ4n) is 2.46. The standard InChI is InChI=1S/C18H13NO6S2/c1-24-17(23)12-5-3-2-4-11(12)13-7-6-10(25-13)8-14-16(22)19(9-15(20)21)18(26)27-14/h2-8H,9H2,1H3,(H,20,21)/b14-8+. The molecule has 27 heavy (non-hydrogen) atoms. The number of aliphatic carboxylic acids is 1. The molecule has 1 N–H and O–H groups in total. The van der Waals surface area contributed by atoms with Crippen LogP contribution in [0.2, 0.25) is 0 Å². The van der Waals surface area contributed by atoms with Crippen LogP contribution in [-0.2, 0) is 14.3 Å². The monoisotopic (exact) mass is 403 g/mol. The van der Waals surface area contributed by atoms with Crippen LogP contribution in [0.1, 0.15) is 16.1 Å². The van der Waals surface area contributed by atoms with E-state index in [2.05, 4.69) is 0 Å². The van der Waals surface area contributed by atoms with Crippen molar-refractivity contribution < 1.29 is 28.6 Å². The van der Waals surface area contributed by atoms with E-state index >= 15 is 0 Å². The van der Waals surface area contributed by atoms with E-state index in [0.29, 0.717) is 22.6 Å². The van der Waals surface area contributed by atoms with E-state index < -0.39 is 24.4 Å². The number of nitrogens with zero attached hydrogens (tertiary/aromatic N) is 1. The van der Waals surface area contributed by atoms with Crippen molar-refractivity contribution in [2.24, 2.45) is 0 Å². The molecule has 138 valence electrons. The Hall–Kier alpha value is -2.91. The molecule has 1 amide bonds. The van der Waals surface area contributed by atoms with Gasteiger partial charge in [0.05, 0.1) is 17.6 Å². The Morgan fingerprint density at radius 1 is 1.30 bits per heavy atom. The Balaban J connectivity index is 1.89. The van der Waals surface area contributed by atoms with Crippen molar-refractivity contribution in [2.45, 2.75) is 0 Å². The van der Waals surface area contributed by atoms with Crippen LogP contribution < -0.4 is 0 Å². The third kappa shape index (κ3) is 3.93. The predicted molar refractivity (Wildman–Crippen MR) is 103 cm³/mol. The van der Waals surface area contributed by atoms with Gasteiger partial charge in [0, 0.05) is 11.6 Å². The molecule has 1 aromatic carbocycles. The molecule has 3 rings (SSSR count). The molecule has 2 aromatic rings. The van der Waals surface area contributed by atoms with Crippen LogP contribution in [0.5, 0.6) is 0 Å². The third-order valence-electron chi connectivity index (χ3n) is 3.66. The normalized spacial score (nSPS) is 15.4. The quantitative estimate of drug-likeness (QED) is 0.462. The van der Waals surface area contributed by atoms with Crippen LogP contribution in [0.4, 0.5) is 0 Å². The lowest BCUT2D eigenvalue weighted by atomic mass is 10.1. The first-order valence-corrected chi connectivity index (χ1v) is 8.88. The highest BCUT2D eigenvalue weighted by molar-refractivity contribution is 8.26. The number of carbonyl (C=O) groups is 3. The average Bonchev–Trinajstić information content (AvgIpc) is 3.21. The summed E-state index contributed by atoms with van der Waals surface area (Å²) in [5.74, 6) is -1.31. The first-order valence-electron chi connectivity index (χ1n) is 7.65. The second-order valence-electron chi connectivity index (χ2n) is 5.40. The smallest absolute Gasteiger partial charge is 0.338 e. The first-order chi connectivity index (χ1) is 12.9. The molecule has 0 unspecified atom stereocenters. The van der Waals surface area contributed by atoms with Gasteiger partial charge in [0.15, 0.2) is 0 Å². The van der Waals surface area contributed by atoms with Gasteiger partial charge in [-0.05, 0) is 18.2 Å². The topological polar surface area (TPSA) is 97.0 Å². The van der Waals surface area contributed by atoms with Crippen LogP contribution in [0.25, 0.3) is 17.4 Å². The molecule has 1 saturated heterocycles. The van der Waals surface area contributed by atoms with Crippen LogP contribution in [0.3, 0.4) is 0 Å². The number of hydrogen-bond acceptors (Lipinski definition) is 7. The minimum Gasteiger partial charge on any atom is -0.480 e. The summed E-state index contributed by atoms with van der Waals surface area (Å²) >= 11 is 6.06. The van der Waals surface area contributed by atoms with E-state index in [1.165, 1.54) is 13.2 Å². The molecule has 0 aliphatic carbocycles. The van der Waals surface area contributed by atoms with Crippen LogP contribution in [0.15, 0.2) is 45.7 Å². The van der Waals surface area contributed by atoms with Gasteiger partial charge in [-0.25, -0.2) is 4.79 Å². The number of carboxylic acids is 1. The molecule has 1 fully saturated rings. The van der Waals surface area contributed by atoms with Gasteiger partial charge in [0.25, 0.3) is 5.91 Å². The molecule has 2 heterocycles. The van der Waals surface area contributed by atoms with E-state index in [1.807, 2.05) is 0 Å². The highest BCUT2D eigenvalue weighted by Crippen LogP contribution is 2.34. The Bertz CT molecular complexity index is 978.